The highest BCUT2D eigenvalue weighted by atomic mass is 16.5. The average molecular weight is 399 g/mol. The molecule has 0 saturated heterocycles. The lowest BCUT2D eigenvalue weighted by Gasteiger charge is -2.11. The van der Waals surface area contributed by atoms with Gasteiger partial charge in [-0.25, -0.2) is 0 Å². The fraction of sp³-hybridized carbons (Fsp3) is 0.348. The molecule has 0 heterocycles. The van der Waals surface area contributed by atoms with Crippen molar-refractivity contribution in [2.24, 2.45) is 0 Å². The highest BCUT2D eigenvalue weighted by Gasteiger charge is 2.08. The number of hydrogen-bond acceptors (Lipinski definition) is 5. The minimum atomic E-state index is -0.282. The van der Waals surface area contributed by atoms with Gasteiger partial charge in [-0.3, -0.25) is 4.79 Å². The van der Waals surface area contributed by atoms with E-state index in [1.165, 1.54) is 6.08 Å². The van der Waals surface area contributed by atoms with Crippen LogP contribution in [0.1, 0.15) is 31.7 Å². The Balaban J connectivity index is 2.04. The molecule has 6 heteroatoms. The molecule has 0 unspecified atom stereocenters. The summed E-state index contributed by atoms with van der Waals surface area (Å²) < 4.78 is 21.7. The molecule has 0 aliphatic rings. The second kappa shape index (κ2) is 11.6. The third kappa shape index (κ3) is 6.75. The summed E-state index contributed by atoms with van der Waals surface area (Å²) in [4.78, 5) is 12.3. The summed E-state index contributed by atoms with van der Waals surface area (Å²) in [5, 5.41) is 2.80. The van der Waals surface area contributed by atoms with Gasteiger partial charge in [0.1, 0.15) is 11.5 Å². The molecule has 6 nitrogen and oxygen atoms in total. The third-order valence-electron chi connectivity index (χ3n) is 4.28. The maximum absolute atomic E-state index is 12.3. The minimum absolute atomic E-state index is 0.282. The summed E-state index contributed by atoms with van der Waals surface area (Å²) >= 11 is 0. The normalized spacial score (nSPS) is 10.6. The molecule has 0 aliphatic heterocycles. The number of benzene rings is 2. The van der Waals surface area contributed by atoms with Gasteiger partial charge in [-0.1, -0.05) is 25.8 Å². The largest absolute Gasteiger partial charge is 0.497 e. The molecule has 0 aliphatic carbocycles. The third-order valence-corrected chi connectivity index (χ3v) is 4.28. The number of carbonyl (C=O) groups is 1. The first-order chi connectivity index (χ1) is 14.1. The van der Waals surface area contributed by atoms with Crippen molar-refractivity contribution in [3.05, 3.63) is 48.0 Å². The molecule has 2 aromatic rings. The number of ether oxygens (including phenoxy) is 4. The lowest BCUT2D eigenvalue weighted by Crippen LogP contribution is -2.09. The monoisotopic (exact) mass is 399 g/mol. The quantitative estimate of drug-likeness (QED) is 0.429. The molecule has 0 aromatic heterocycles. The van der Waals surface area contributed by atoms with E-state index in [0.717, 1.165) is 24.8 Å². The van der Waals surface area contributed by atoms with Crippen molar-refractivity contribution in [2.75, 3.05) is 33.3 Å². The minimum Gasteiger partial charge on any atom is -0.497 e. The molecule has 1 amide bonds. The summed E-state index contributed by atoms with van der Waals surface area (Å²) in [6, 6.07) is 10.8. The van der Waals surface area contributed by atoms with Gasteiger partial charge in [-0.05, 0) is 42.3 Å². The van der Waals surface area contributed by atoms with E-state index >= 15 is 0 Å². The molecule has 29 heavy (non-hydrogen) atoms. The van der Waals surface area contributed by atoms with Crippen LogP contribution in [0.4, 0.5) is 5.69 Å². The van der Waals surface area contributed by atoms with E-state index < -0.39 is 0 Å². The summed E-state index contributed by atoms with van der Waals surface area (Å²) in [7, 11) is 4.72. The number of unbranched alkanes of at least 4 members (excludes halogenated alkanes) is 2. The lowest BCUT2D eigenvalue weighted by molar-refractivity contribution is -0.111. The van der Waals surface area contributed by atoms with E-state index in [1.54, 1.807) is 45.6 Å². The highest BCUT2D eigenvalue weighted by Crippen LogP contribution is 2.30. The first-order valence-electron chi connectivity index (χ1n) is 9.63. The number of carbonyl (C=O) groups excluding carboxylic acids is 1. The first kappa shape index (κ1) is 22.1. The van der Waals surface area contributed by atoms with Crippen LogP contribution in [0.3, 0.4) is 0 Å². The molecular weight excluding hydrogens is 370 g/mol. The average Bonchev–Trinajstić information content (AvgIpc) is 2.75. The van der Waals surface area contributed by atoms with Crippen molar-refractivity contribution in [1.82, 2.24) is 0 Å². The lowest BCUT2D eigenvalue weighted by atomic mass is 10.2. The molecule has 2 rings (SSSR count). The number of rotatable bonds is 11. The Morgan fingerprint density at radius 3 is 2.38 bits per heavy atom. The van der Waals surface area contributed by atoms with Crippen LogP contribution < -0.4 is 24.3 Å². The second-order valence-corrected chi connectivity index (χ2v) is 6.35. The SMILES string of the molecule is CCCCCOc1ccc(C=CC(=O)Nc2cc(OC)ccc2OC)cc1OC. The van der Waals surface area contributed by atoms with E-state index in [4.69, 9.17) is 18.9 Å². The van der Waals surface area contributed by atoms with Crippen molar-refractivity contribution < 1.29 is 23.7 Å². The summed E-state index contributed by atoms with van der Waals surface area (Å²) in [6.45, 7) is 2.81. The van der Waals surface area contributed by atoms with Crippen LogP contribution in [0.25, 0.3) is 6.08 Å². The van der Waals surface area contributed by atoms with Crippen LogP contribution in [0.2, 0.25) is 0 Å². The fourth-order valence-electron chi connectivity index (χ4n) is 2.70. The van der Waals surface area contributed by atoms with Crippen molar-refractivity contribution in [3.8, 4) is 23.0 Å². The van der Waals surface area contributed by atoms with Gasteiger partial charge in [-0.2, -0.15) is 0 Å². The Hall–Kier alpha value is -3.15. The Morgan fingerprint density at radius 1 is 0.931 bits per heavy atom. The zero-order valence-corrected chi connectivity index (χ0v) is 17.5. The Morgan fingerprint density at radius 2 is 1.69 bits per heavy atom. The molecule has 0 saturated carbocycles. The van der Waals surface area contributed by atoms with Crippen LogP contribution in [-0.4, -0.2) is 33.8 Å². The molecule has 2 aromatic carbocycles. The van der Waals surface area contributed by atoms with E-state index in [0.29, 0.717) is 35.3 Å². The molecule has 156 valence electrons. The summed E-state index contributed by atoms with van der Waals surface area (Å²) in [6.07, 6.45) is 6.46. The standard InChI is InChI=1S/C23H29NO5/c1-5-6-7-14-29-21-11-8-17(15-22(21)28-4)9-13-23(25)24-19-16-18(26-2)10-12-20(19)27-3/h8-13,15-16H,5-7,14H2,1-4H3,(H,24,25). The van der Waals surface area contributed by atoms with Crippen LogP contribution in [0.5, 0.6) is 23.0 Å². The van der Waals surface area contributed by atoms with E-state index in [2.05, 4.69) is 12.2 Å². The molecule has 0 bridgehead atoms. The number of anilines is 1. The summed E-state index contributed by atoms with van der Waals surface area (Å²) in [5.74, 6) is 2.24. The predicted molar refractivity (Wildman–Crippen MR) is 115 cm³/mol. The Bertz CT molecular complexity index is 832. The fourth-order valence-corrected chi connectivity index (χ4v) is 2.70. The molecule has 1 N–H and O–H groups in total. The number of hydrogen-bond donors (Lipinski definition) is 1. The predicted octanol–water partition coefficient (Wildman–Crippen LogP) is 4.93. The van der Waals surface area contributed by atoms with Gasteiger partial charge in [-0.15, -0.1) is 0 Å². The summed E-state index contributed by atoms with van der Waals surface area (Å²) in [5.41, 5.74) is 1.37. The molecular formula is C23H29NO5. The van der Waals surface area contributed by atoms with Crippen molar-refractivity contribution in [1.29, 1.82) is 0 Å². The van der Waals surface area contributed by atoms with Crippen molar-refractivity contribution >= 4 is 17.7 Å². The highest BCUT2D eigenvalue weighted by molar-refractivity contribution is 6.02. The van der Waals surface area contributed by atoms with Crippen LogP contribution >= 0.6 is 0 Å². The Kier molecular flexibility index (Phi) is 8.89. The van der Waals surface area contributed by atoms with Crippen LogP contribution in [-0.2, 0) is 4.79 Å². The Labute approximate surface area is 172 Å². The van der Waals surface area contributed by atoms with Gasteiger partial charge in [0.15, 0.2) is 11.5 Å². The van der Waals surface area contributed by atoms with Gasteiger partial charge < -0.3 is 24.3 Å². The topological polar surface area (TPSA) is 66.0 Å². The van der Waals surface area contributed by atoms with Gasteiger partial charge >= 0.3 is 0 Å². The second-order valence-electron chi connectivity index (χ2n) is 6.35. The van der Waals surface area contributed by atoms with E-state index in [-0.39, 0.29) is 5.91 Å². The van der Waals surface area contributed by atoms with Gasteiger partial charge in [0.2, 0.25) is 5.91 Å². The number of nitrogens with one attached hydrogen (secondary N) is 1. The zero-order chi connectivity index (χ0) is 21.1. The van der Waals surface area contributed by atoms with Crippen molar-refractivity contribution in [2.45, 2.75) is 26.2 Å². The zero-order valence-electron chi connectivity index (χ0n) is 17.5. The van der Waals surface area contributed by atoms with E-state index in [1.807, 2.05) is 18.2 Å². The van der Waals surface area contributed by atoms with Crippen molar-refractivity contribution in [3.63, 3.8) is 0 Å². The van der Waals surface area contributed by atoms with Crippen LogP contribution in [0.15, 0.2) is 42.5 Å². The van der Waals surface area contributed by atoms with Gasteiger partial charge in [0.25, 0.3) is 0 Å². The maximum atomic E-state index is 12.3. The molecule has 0 radical (unpaired) electrons. The van der Waals surface area contributed by atoms with Gasteiger partial charge in [0, 0.05) is 12.1 Å². The van der Waals surface area contributed by atoms with Crippen LogP contribution in [0, 0.1) is 0 Å². The van der Waals surface area contributed by atoms with E-state index in [9.17, 15) is 4.79 Å². The van der Waals surface area contributed by atoms with Gasteiger partial charge in [0.05, 0.1) is 33.6 Å². The smallest absolute Gasteiger partial charge is 0.248 e. The maximum Gasteiger partial charge on any atom is 0.248 e. The number of methoxy groups -OCH3 is 3. The molecule has 0 fully saturated rings. The molecule has 0 atom stereocenters. The first-order valence-corrected chi connectivity index (χ1v) is 9.63. The molecule has 0 spiro atoms. The number of amides is 1.